The number of benzene rings is 3. The normalized spacial score (nSPS) is 10.8. The first-order chi connectivity index (χ1) is 12.6. The summed E-state index contributed by atoms with van der Waals surface area (Å²) in [6.07, 6.45) is 0. The summed E-state index contributed by atoms with van der Waals surface area (Å²) in [5.41, 5.74) is 5.88. The van der Waals surface area contributed by atoms with Crippen LogP contribution in [0.3, 0.4) is 0 Å². The molecule has 3 aromatic carbocycles. The Kier molecular flexibility index (Phi) is 5.15. The van der Waals surface area contributed by atoms with E-state index in [0.717, 1.165) is 5.56 Å². The Morgan fingerprint density at radius 2 is 1.15 bits per heavy atom. The van der Waals surface area contributed by atoms with E-state index in [-0.39, 0.29) is 0 Å². The minimum atomic E-state index is -1.83. The first kappa shape index (κ1) is 17.5. The van der Waals surface area contributed by atoms with Crippen molar-refractivity contribution in [2.24, 2.45) is 0 Å². The Balaban J connectivity index is 1.86. The van der Waals surface area contributed by atoms with Gasteiger partial charge in [-0.2, -0.15) is 0 Å². The molecule has 0 radical (unpaired) electrons. The number of carbonyl (C=O) groups is 1. The molecule has 130 valence electrons. The van der Waals surface area contributed by atoms with E-state index in [1.54, 1.807) is 48.5 Å². The van der Waals surface area contributed by atoms with Crippen molar-refractivity contribution in [3.8, 4) is 0 Å². The Morgan fingerprint density at radius 1 is 0.731 bits per heavy atom. The molecule has 0 bridgehead atoms. The Bertz CT molecular complexity index is 838. The molecule has 0 aromatic heterocycles. The van der Waals surface area contributed by atoms with Crippen LogP contribution in [0.4, 0.5) is 0 Å². The summed E-state index contributed by atoms with van der Waals surface area (Å²) in [6.45, 7) is 3.92. The molecular weight excluding hydrogens is 324 g/mol. The fourth-order valence-electron chi connectivity index (χ4n) is 2.72. The van der Waals surface area contributed by atoms with Gasteiger partial charge < -0.3 is 5.11 Å². The molecule has 1 amide bonds. The lowest BCUT2D eigenvalue weighted by atomic mass is 9.85. The van der Waals surface area contributed by atoms with E-state index in [4.69, 9.17) is 0 Å². The van der Waals surface area contributed by atoms with E-state index < -0.39 is 11.5 Å². The second-order valence-corrected chi connectivity index (χ2v) is 5.87. The number of aliphatic hydroxyl groups is 1. The molecule has 0 fully saturated rings. The van der Waals surface area contributed by atoms with Crippen molar-refractivity contribution in [1.29, 1.82) is 0 Å². The summed E-state index contributed by atoms with van der Waals surface area (Å²) in [6, 6.07) is 27.1. The van der Waals surface area contributed by atoms with Gasteiger partial charge >= 0.3 is 0 Å². The van der Waals surface area contributed by atoms with Gasteiger partial charge in [0.1, 0.15) is 0 Å². The molecule has 0 atom stereocenters. The zero-order chi connectivity index (χ0) is 18.4. The highest BCUT2D eigenvalue weighted by Crippen LogP contribution is 2.29. The molecule has 0 unspecified atom stereocenters. The molecule has 0 saturated heterocycles. The third-order valence-electron chi connectivity index (χ3n) is 4.16. The average molecular weight is 344 g/mol. The molecule has 4 heteroatoms. The average Bonchev–Trinajstić information content (AvgIpc) is 2.73. The molecule has 0 aliphatic carbocycles. The van der Waals surface area contributed by atoms with E-state index in [9.17, 15) is 9.90 Å². The molecule has 0 aliphatic heterocycles. The van der Waals surface area contributed by atoms with Crippen LogP contribution in [0.25, 0.3) is 5.70 Å². The lowest BCUT2D eigenvalue weighted by Crippen LogP contribution is -2.49. The van der Waals surface area contributed by atoms with Crippen molar-refractivity contribution in [2.75, 3.05) is 0 Å². The van der Waals surface area contributed by atoms with Crippen LogP contribution < -0.4 is 10.9 Å². The zero-order valence-electron chi connectivity index (χ0n) is 14.2. The van der Waals surface area contributed by atoms with E-state index in [2.05, 4.69) is 17.4 Å². The van der Waals surface area contributed by atoms with Gasteiger partial charge in [-0.3, -0.25) is 15.6 Å². The second-order valence-electron chi connectivity index (χ2n) is 5.87. The number of nitrogens with one attached hydrogen (secondary N) is 2. The van der Waals surface area contributed by atoms with Crippen molar-refractivity contribution < 1.29 is 9.90 Å². The third-order valence-corrected chi connectivity index (χ3v) is 4.16. The van der Waals surface area contributed by atoms with Crippen LogP contribution >= 0.6 is 0 Å². The number of amides is 1. The summed E-state index contributed by atoms with van der Waals surface area (Å²) >= 11 is 0. The van der Waals surface area contributed by atoms with E-state index in [1.165, 1.54) is 0 Å². The van der Waals surface area contributed by atoms with Crippen LogP contribution in [0.15, 0.2) is 97.6 Å². The predicted octanol–water partition coefficient (Wildman–Crippen LogP) is 3.21. The maximum absolute atomic E-state index is 12.9. The van der Waals surface area contributed by atoms with Gasteiger partial charge in [-0.15, -0.1) is 0 Å². The largest absolute Gasteiger partial charge is 0.372 e. The summed E-state index contributed by atoms with van der Waals surface area (Å²) in [5.74, 6) is -0.591. The maximum atomic E-state index is 12.9. The number of rotatable bonds is 6. The Morgan fingerprint density at radius 3 is 1.62 bits per heavy atom. The van der Waals surface area contributed by atoms with Gasteiger partial charge in [0, 0.05) is 0 Å². The molecule has 0 saturated carbocycles. The Hall–Kier alpha value is -3.37. The predicted molar refractivity (Wildman–Crippen MR) is 103 cm³/mol. The fourth-order valence-corrected chi connectivity index (χ4v) is 2.72. The lowest BCUT2D eigenvalue weighted by molar-refractivity contribution is -0.137. The smallest absolute Gasteiger partial charge is 0.279 e. The fraction of sp³-hybridized carbons (Fsp3) is 0.0455. The summed E-state index contributed by atoms with van der Waals surface area (Å²) in [4.78, 5) is 12.9. The minimum Gasteiger partial charge on any atom is -0.372 e. The second kappa shape index (κ2) is 7.68. The summed E-state index contributed by atoms with van der Waals surface area (Å²) in [5, 5.41) is 11.3. The van der Waals surface area contributed by atoms with Gasteiger partial charge in [0.15, 0.2) is 5.60 Å². The van der Waals surface area contributed by atoms with Crippen molar-refractivity contribution in [2.45, 2.75) is 5.60 Å². The van der Waals surface area contributed by atoms with Crippen molar-refractivity contribution in [3.63, 3.8) is 0 Å². The summed E-state index contributed by atoms with van der Waals surface area (Å²) in [7, 11) is 0. The van der Waals surface area contributed by atoms with Crippen molar-refractivity contribution in [3.05, 3.63) is 114 Å². The Labute approximate surface area is 152 Å². The minimum absolute atomic E-state index is 0.482. The highest BCUT2D eigenvalue weighted by Gasteiger charge is 2.39. The standard InChI is InChI=1S/C22H20N2O2/c1-17(18-11-5-2-6-12-18)23-24-21(25)22(26,19-13-7-3-8-14-19)20-15-9-4-10-16-20/h2-16,23,26H,1H2,(H,24,25). The van der Waals surface area contributed by atoms with Gasteiger partial charge in [-0.25, -0.2) is 0 Å². The monoisotopic (exact) mass is 344 g/mol. The quantitative estimate of drug-likeness (QED) is 0.602. The molecule has 0 heterocycles. The summed E-state index contributed by atoms with van der Waals surface area (Å²) < 4.78 is 0. The molecular formula is C22H20N2O2. The van der Waals surface area contributed by atoms with Crippen molar-refractivity contribution >= 4 is 11.6 Å². The first-order valence-electron chi connectivity index (χ1n) is 8.26. The third kappa shape index (κ3) is 3.50. The van der Waals surface area contributed by atoms with E-state index in [0.29, 0.717) is 16.8 Å². The van der Waals surface area contributed by atoms with Crippen LogP contribution in [0.5, 0.6) is 0 Å². The van der Waals surface area contributed by atoms with Crippen LogP contribution in [-0.4, -0.2) is 11.0 Å². The molecule has 4 nitrogen and oxygen atoms in total. The number of carbonyl (C=O) groups excluding carboxylic acids is 1. The highest BCUT2D eigenvalue weighted by molar-refractivity contribution is 5.90. The van der Waals surface area contributed by atoms with Gasteiger partial charge in [-0.1, -0.05) is 97.6 Å². The molecule has 26 heavy (non-hydrogen) atoms. The number of hydrogen-bond donors (Lipinski definition) is 3. The van der Waals surface area contributed by atoms with Gasteiger partial charge in [0.05, 0.1) is 5.70 Å². The molecule has 3 N–H and O–H groups in total. The van der Waals surface area contributed by atoms with Crippen molar-refractivity contribution in [1.82, 2.24) is 10.9 Å². The number of hydrazine groups is 1. The van der Waals surface area contributed by atoms with Gasteiger partial charge in [-0.05, 0) is 16.7 Å². The topological polar surface area (TPSA) is 61.4 Å². The first-order valence-corrected chi connectivity index (χ1v) is 8.26. The molecule has 3 aromatic rings. The molecule has 3 rings (SSSR count). The van der Waals surface area contributed by atoms with Crippen LogP contribution in [0, 0.1) is 0 Å². The highest BCUT2D eigenvalue weighted by atomic mass is 16.3. The zero-order valence-corrected chi connectivity index (χ0v) is 14.2. The van der Waals surface area contributed by atoms with Gasteiger partial charge in [0.2, 0.25) is 0 Å². The molecule has 0 aliphatic rings. The van der Waals surface area contributed by atoms with Crippen LogP contribution in [0.1, 0.15) is 16.7 Å². The maximum Gasteiger partial charge on any atom is 0.279 e. The van der Waals surface area contributed by atoms with E-state index >= 15 is 0 Å². The van der Waals surface area contributed by atoms with Crippen LogP contribution in [0.2, 0.25) is 0 Å². The SMILES string of the molecule is C=C(NNC(=O)C(O)(c1ccccc1)c1ccccc1)c1ccccc1. The lowest BCUT2D eigenvalue weighted by Gasteiger charge is -2.28. The van der Waals surface area contributed by atoms with E-state index in [1.807, 2.05) is 42.5 Å². The number of hydrogen-bond acceptors (Lipinski definition) is 3. The van der Waals surface area contributed by atoms with Crippen LogP contribution in [-0.2, 0) is 10.4 Å². The molecule has 0 spiro atoms. The van der Waals surface area contributed by atoms with Gasteiger partial charge in [0.25, 0.3) is 5.91 Å².